The van der Waals surface area contributed by atoms with Crippen LogP contribution < -0.4 is 10.1 Å². The first-order valence-electron chi connectivity index (χ1n) is 11.7. The van der Waals surface area contributed by atoms with Gasteiger partial charge in [-0.05, 0) is 79.5 Å². The molecule has 0 amide bonds. The first-order chi connectivity index (χ1) is 16.4. The van der Waals surface area contributed by atoms with Crippen molar-refractivity contribution in [3.05, 3.63) is 87.7 Å². The SMILES string of the molecule is CCOc1cc(C[C@H]2CCc3c(-c4ccccc4F)cccc32)c(Cl)cc1CNC(C)C(=O)O. The fourth-order valence-corrected chi connectivity index (χ4v) is 4.98. The monoisotopic (exact) mass is 481 g/mol. The molecular weight excluding hydrogens is 453 g/mol. The van der Waals surface area contributed by atoms with Crippen molar-refractivity contribution in [1.82, 2.24) is 5.32 Å². The minimum Gasteiger partial charge on any atom is -0.494 e. The molecule has 4 rings (SSSR count). The molecule has 1 aliphatic carbocycles. The van der Waals surface area contributed by atoms with Gasteiger partial charge in [-0.2, -0.15) is 0 Å². The molecule has 3 aromatic rings. The van der Waals surface area contributed by atoms with Gasteiger partial charge < -0.3 is 15.2 Å². The number of hydrogen-bond acceptors (Lipinski definition) is 3. The lowest BCUT2D eigenvalue weighted by molar-refractivity contribution is -0.139. The number of nitrogens with one attached hydrogen (secondary N) is 1. The van der Waals surface area contributed by atoms with E-state index >= 15 is 0 Å². The lowest BCUT2D eigenvalue weighted by Gasteiger charge is -2.18. The van der Waals surface area contributed by atoms with Crippen molar-refractivity contribution in [2.24, 2.45) is 0 Å². The third-order valence-electron chi connectivity index (χ3n) is 6.52. The number of carboxylic acids is 1. The highest BCUT2D eigenvalue weighted by atomic mass is 35.5. The highest BCUT2D eigenvalue weighted by molar-refractivity contribution is 6.31. The predicted octanol–water partition coefficient (Wildman–Crippen LogP) is 6.38. The first kappa shape index (κ1) is 24.2. The average molecular weight is 482 g/mol. The van der Waals surface area contributed by atoms with Gasteiger partial charge in [-0.25, -0.2) is 4.39 Å². The van der Waals surface area contributed by atoms with Crippen LogP contribution in [-0.2, 0) is 24.2 Å². The summed E-state index contributed by atoms with van der Waals surface area (Å²) < 4.78 is 20.3. The molecule has 34 heavy (non-hydrogen) atoms. The lowest BCUT2D eigenvalue weighted by atomic mass is 9.90. The molecule has 0 spiro atoms. The van der Waals surface area contributed by atoms with Gasteiger partial charge in [0.2, 0.25) is 0 Å². The normalized spacial score (nSPS) is 15.7. The highest BCUT2D eigenvalue weighted by Gasteiger charge is 2.27. The second-order valence-electron chi connectivity index (χ2n) is 8.72. The zero-order valence-corrected chi connectivity index (χ0v) is 20.2. The first-order valence-corrected chi connectivity index (χ1v) is 12.0. The summed E-state index contributed by atoms with van der Waals surface area (Å²) in [5.41, 5.74) is 5.89. The minimum atomic E-state index is -0.907. The van der Waals surface area contributed by atoms with Crippen LogP contribution in [0.1, 0.15) is 48.4 Å². The number of halogens is 2. The van der Waals surface area contributed by atoms with Crippen LogP contribution in [0, 0.1) is 5.82 Å². The summed E-state index contributed by atoms with van der Waals surface area (Å²) in [6.07, 6.45) is 2.63. The number of carboxylic acid groups (broad SMARTS) is 1. The molecule has 0 radical (unpaired) electrons. The van der Waals surface area contributed by atoms with Gasteiger partial charge in [0.05, 0.1) is 6.61 Å². The van der Waals surface area contributed by atoms with Gasteiger partial charge in [0.25, 0.3) is 0 Å². The number of rotatable bonds is 9. The fourth-order valence-electron chi connectivity index (χ4n) is 4.72. The number of benzene rings is 3. The molecule has 0 heterocycles. The van der Waals surface area contributed by atoms with Gasteiger partial charge in [0.1, 0.15) is 17.6 Å². The van der Waals surface area contributed by atoms with E-state index in [0.717, 1.165) is 36.0 Å². The van der Waals surface area contributed by atoms with Gasteiger partial charge in [0, 0.05) is 22.7 Å². The maximum atomic E-state index is 14.5. The number of ether oxygens (including phenoxy) is 1. The van der Waals surface area contributed by atoms with Crippen LogP contribution in [0.5, 0.6) is 5.75 Å². The van der Waals surface area contributed by atoms with Crippen LogP contribution >= 0.6 is 11.6 Å². The summed E-state index contributed by atoms with van der Waals surface area (Å²) >= 11 is 6.68. The molecule has 1 unspecified atom stereocenters. The number of carbonyl (C=O) groups is 1. The Morgan fingerprint density at radius 3 is 2.68 bits per heavy atom. The summed E-state index contributed by atoms with van der Waals surface area (Å²) in [4.78, 5) is 11.1. The summed E-state index contributed by atoms with van der Waals surface area (Å²) in [5, 5.41) is 12.8. The van der Waals surface area contributed by atoms with E-state index in [0.29, 0.717) is 29.5 Å². The zero-order valence-electron chi connectivity index (χ0n) is 19.4. The maximum absolute atomic E-state index is 14.5. The predicted molar refractivity (Wildman–Crippen MR) is 133 cm³/mol. The van der Waals surface area contributed by atoms with E-state index in [1.54, 1.807) is 13.0 Å². The molecule has 0 fully saturated rings. The molecule has 0 saturated heterocycles. The average Bonchev–Trinajstić information content (AvgIpc) is 3.23. The number of hydrogen-bond donors (Lipinski definition) is 2. The zero-order chi connectivity index (χ0) is 24.2. The minimum absolute atomic E-state index is 0.204. The topological polar surface area (TPSA) is 58.6 Å². The molecule has 2 N–H and O–H groups in total. The van der Waals surface area contributed by atoms with Crippen molar-refractivity contribution in [1.29, 1.82) is 0 Å². The van der Waals surface area contributed by atoms with Crippen molar-refractivity contribution in [3.8, 4) is 16.9 Å². The Morgan fingerprint density at radius 2 is 1.94 bits per heavy atom. The summed E-state index contributed by atoms with van der Waals surface area (Å²) in [6, 6.07) is 16.2. The van der Waals surface area contributed by atoms with E-state index in [1.807, 2.05) is 43.3 Å². The van der Waals surface area contributed by atoms with Gasteiger partial charge in [-0.15, -0.1) is 0 Å². The van der Waals surface area contributed by atoms with E-state index < -0.39 is 12.0 Å². The van der Waals surface area contributed by atoms with Crippen LogP contribution in [0.4, 0.5) is 4.39 Å². The Bertz CT molecular complexity index is 1200. The van der Waals surface area contributed by atoms with E-state index in [-0.39, 0.29) is 11.7 Å². The van der Waals surface area contributed by atoms with Crippen LogP contribution in [0.15, 0.2) is 54.6 Å². The van der Waals surface area contributed by atoms with Crippen molar-refractivity contribution < 1.29 is 19.0 Å². The molecule has 0 aromatic heterocycles. The van der Waals surface area contributed by atoms with Crippen LogP contribution in [-0.4, -0.2) is 23.7 Å². The second-order valence-corrected chi connectivity index (χ2v) is 9.13. The second kappa shape index (κ2) is 10.6. The molecule has 178 valence electrons. The molecule has 0 saturated carbocycles. The molecule has 1 aliphatic rings. The molecule has 4 nitrogen and oxygen atoms in total. The summed E-state index contributed by atoms with van der Waals surface area (Å²) in [7, 11) is 0. The van der Waals surface area contributed by atoms with Crippen LogP contribution in [0.25, 0.3) is 11.1 Å². The number of aliphatic carboxylic acids is 1. The largest absolute Gasteiger partial charge is 0.494 e. The Balaban J connectivity index is 1.60. The molecule has 0 bridgehead atoms. The Labute approximate surface area is 204 Å². The van der Waals surface area contributed by atoms with Crippen molar-refractivity contribution in [3.63, 3.8) is 0 Å². The Hall–Kier alpha value is -2.89. The highest BCUT2D eigenvalue weighted by Crippen LogP contribution is 2.42. The Morgan fingerprint density at radius 1 is 1.18 bits per heavy atom. The van der Waals surface area contributed by atoms with E-state index in [1.165, 1.54) is 17.2 Å². The standard InChI is InChI=1S/C28H29ClFNO3/c1-3-34-27-15-19(25(29)14-20(27)16-31-17(2)28(32)33)13-18-11-12-23-21(18)8-6-9-22(23)24-7-4-5-10-26(24)30/h4-10,14-15,17-18,31H,3,11-13,16H2,1-2H3,(H,32,33)/t17?,18-/m1/s1. The quantitative estimate of drug-likeness (QED) is 0.372. The van der Waals surface area contributed by atoms with E-state index in [4.69, 9.17) is 21.4 Å². The lowest BCUT2D eigenvalue weighted by Crippen LogP contribution is -2.33. The molecule has 2 atom stereocenters. The van der Waals surface area contributed by atoms with Crippen molar-refractivity contribution >= 4 is 17.6 Å². The summed E-state index contributed by atoms with van der Waals surface area (Å²) in [6.45, 7) is 4.37. The van der Waals surface area contributed by atoms with Crippen LogP contribution in [0.3, 0.4) is 0 Å². The smallest absolute Gasteiger partial charge is 0.320 e. The molecule has 0 aliphatic heterocycles. The van der Waals surface area contributed by atoms with Gasteiger partial charge in [-0.1, -0.05) is 48.0 Å². The molecule has 6 heteroatoms. The van der Waals surface area contributed by atoms with E-state index in [9.17, 15) is 9.18 Å². The van der Waals surface area contributed by atoms with Crippen molar-refractivity contribution in [2.75, 3.05) is 6.61 Å². The molecular formula is C28H29ClFNO3. The third kappa shape index (κ3) is 5.11. The summed E-state index contributed by atoms with van der Waals surface area (Å²) in [5.74, 6) is -0.115. The van der Waals surface area contributed by atoms with Crippen molar-refractivity contribution in [2.45, 2.75) is 51.6 Å². The maximum Gasteiger partial charge on any atom is 0.320 e. The van der Waals surface area contributed by atoms with E-state index in [2.05, 4.69) is 11.4 Å². The Kier molecular flexibility index (Phi) is 7.54. The fraction of sp³-hybridized carbons (Fsp3) is 0.321. The molecule has 3 aromatic carbocycles. The number of fused-ring (bicyclic) bond motifs is 1. The third-order valence-corrected chi connectivity index (χ3v) is 6.88. The van der Waals surface area contributed by atoms with Gasteiger partial charge >= 0.3 is 5.97 Å². The van der Waals surface area contributed by atoms with Crippen LogP contribution in [0.2, 0.25) is 5.02 Å². The van der Waals surface area contributed by atoms with Gasteiger partial charge in [0.15, 0.2) is 0 Å². The van der Waals surface area contributed by atoms with Gasteiger partial charge in [-0.3, -0.25) is 4.79 Å².